The van der Waals surface area contributed by atoms with Gasteiger partial charge in [-0.25, -0.2) is 13.8 Å². The summed E-state index contributed by atoms with van der Waals surface area (Å²) in [6.45, 7) is 0.718. The third kappa shape index (κ3) is 3.30. The van der Waals surface area contributed by atoms with E-state index < -0.39 is 11.6 Å². The van der Waals surface area contributed by atoms with Crippen LogP contribution >= 0.6 is 0 Å². The molecule has 0 saturated heterocycles. The second kappa shape index (κ2) is 7.67. The Morgan fingerprint density at radius 1 is 1.03 bits per heavy atom. The molecule has 2 heterocycles. The fraction of sp³-hybridized carbons (Fsp3) is 0.333. The molecule has 1 atom stereocenters. The molecule has 2 aliphatic rings. The number of amides is 1. The lowest BCUT2D eigenvalue weighted by molar-refractivity contribution is 0.0931. The van der Waals surface area contributed by atoms with Gasteiger partial charge in [0.2, 0.25) is 0 Å². The molecule has 154 valence electrons. The van der Waals surface area contributed by atoms with Gasteiger partial charge in [-0.1, -0.05) is 30.7 Å². The van der Waals surface area contributed by atoms with E-state index in [4.69, 9.17) is 0 Å². The molecule has 1 aliphatic heterocycles. The summed E-state index contributed by atoms with van der Waals surface area (Å²) >= 11 is 0. The average molecular weight is 407 g/mol. The predicted octanol–water partition coefficient (Wildman–Crippen LogP) is 4.97. The van der Waals surface area contributed by atoms with Crippen molar-refractivity contribution in [2.24, 2.45) is 0 Å². The quantitative estimate of drug-likeness (QED) is 0.666. The summed E-state index contributed by atoms with van der Waals surface area (Å²) in [5.74, 6) is -1.47. The topological polar surface area (TPSA) is 46.9 Å². The van der Waals surface area contributed by atoms with Gasteiger partial charge < -0.3 is 9.88 Å². The van der Waals surface area contributed by atoms with Crippen molar-refractivity contribution in [3.8, 4) is 11.4 Å². The molecule has 0 radical (unpaired) electrons. The van der Waals surface area contributed by atoms with Crippen LogP contribution < -0.4 is 5.32 Å². The molecule has 2 aromatic carbocycles. The van der Waals surface area contributed by atoms with Crippen molar-refractivity contribution in [3.05, 3.63) is 76.6 Å². The van der Waals surface area contributed by atoms with Gasteiger partial charge in [-0.15, -0.1) is 0 Å². The minimum absolute atomic E-state index is 0.0245. The molecule has 1 N–H and O–H groups in total. The standard InChI is InChI=1S/C24H23F2N3O/c25-18-11-9-16(14-19(18)26)23-28-22(21-8-2-1-5-13-29(21)23)24(30)27-20-12-10-15-6-3-4-7-17(15)20/h3-4,6-7,9,11,14,20H,1-2,5,8,10,12-13H2,(H,27,30). The third-order valence-electron chi connectivity index (χ3n) is 6.20. The number of nitrogens with zero attached hydrogens (tertiary/aromatic N) is 2. The van der Waals surface area contributed by atoms with Gasteiger partial charge >= 0.3 is 0 Å². The number of imidazole rings is 1. The highest BCUT2D eigenvalue weighted by atomic mass is 19.2. The van der Waals surface area contributed by atoms with E-state index in [1.807, 2.05) is 16.7 Å². The van der Waals surface area contributed by atoms with Crippen molar-refractivity contribution in [1.82, 2.24) is 14.9 Å². The Morgan fingerprint density at radius 2 is 1.90 bits per heavy atom. The molecule has 0 bridgehead atoms. The van der Waals surface area contributed by atoms with E-state index in [-0.39, 0.29) is 11.9 Å². The molecule has 1 aliphatic carbocycles. The number of hydrogen-bond acceptors (Lipinski definition) is 2. The minimum atomic E-state index is -0.910. The summed E-state index contributed by atoms with van der Waals surface area (Å²) in [7, 11) is 0. The SMILES string of the molecule is O=C(NC1CCc2ccccc21)c1nc(-c2ccc(F)c(F)c2)n2c1CCCCC2. The highest BCUT2D eigenvalue weighted by molar-refractivity contribution is 5.94. The van der Waals surface area contributed by atoms with E-state index in [0.717, 1.165) is 68.5 Å². The molecule has 1 unspecified atom stereocenters. The predicted molar refractivity (Wildman–Crippen MR) is 110 cm³/mol. The Balaban J connectivity index is 1.51. The first-order valence-electron chi connectivity index (χ1n) is 10.6. The number of fused-ring (bicyclic) bond motifs is 2. The van der Waals surface area contributed by atoms with Crippen LogP contribution in [0.25, 0.3) is 11.4 Å². The molecule has 0 fully saturated rings. The fourth-order valence-electron chi connectivity index (χ4n) is 4.69. The van der Waals surface area contributed by atoms with E-state index >= 15 is 0 Å². The molecule has 0 spiro atoms. The number of aryl methyl sites for hydroxylation is 1. The zero-order chi connectivity index (χ0) is 20.7. The van der Waals surface area contributed by atoms with Gasteiger partial charge in [-0.2, -0.15) is 0 Å². The molecule has 1 amide bonds. The van der Waals surface area contributed by atoms with E-state index in [9.17, 15) is 13.6 Å². The van der Waals surface area contributed by atoms with Crippen LogP contribution in [0.2, 0.25) is 0 Å². The zero-order valence-electron chi connectivity index (χ0n) is 16.6. The number of benzene rings is 2. The first kappa shape index (κ1) is 19.0. The van der Waals surface area contributed by atoms with Crippen LogP contribution in [0.1, 0.15) is 59.0 Å². The van der Waals surface area contributed by atoms with Gasteiger partial charge in [0.25, 0.3) is 5.91 Å². The summed E-state index contributed by atoms with van der Waals surface area (Å²) in [6.07, 6.45) is 5.59. The smallest absolute Gasteiger partial charge is 0.272 e. The molecule has 0 saturated carbocycles. The Bertz CT molecular complexity index is 1120. The zero-order valence-corrected chi connectivity index (χ0v) is 16.6. The largest absolute Gasteiger partial charge is 0.344 e. The van der Waals surface area contributed by atoms with Crippen LogP contribution in [-0.2, 0) is 19.4 Å². The minimum Gasteiger partial charge on any atom is -0.344 e. The molecular weight excluding hydrogens is 384 g/mol. The first-order valence-corrected chi connectivity index (χ1v) is 10.6. The van der Waals surface area contributed by atoms with Gasteiger partial charge in [-0.05, 0) is 61.4 Å². The summed E-state index contributed by atoms with van der Waals surface area (Å²) in [5.41, 5.74) is 4.21. The van der Waals surface area contributed by atoms with Crippen molar-refractivity contribution >= 4 is 5.91 Å². The lowest BCUT2D eigenvalue weighted by atomic mass is 10.1. The molecule has 6 heteroatoms. The maximum atomic E-state index is 13.9. The number of carbonyl (C=O) groups is 1. The van der Waals surface area contributed by atoms with Crippen molar-refractivity contribution in [2.45, 2.75) is 51.1 Å². The summed E-state index contributed by atoms with van der Waals surface area (Å²) in [4.78, 5) is 17.9. The normalized spacial score (nSPS) is 17.9. The third-order valence-corrected chi connectivity index (χ3v) is 6.20. The molecular formula is C24H23F2N3O. The Hall–Kier alpha value is -3.02. The number of carbonyl (C=O) groups excluding carboxylic acids is 1. The molecule has 1 aromatic heterocycles. The molecule has 30 heavy (non-hydrogen) atoms. The van der Waals surface area contributed by atoms with Crippen LogP contribution in [0.5, 0.6) is 0 Å². The van der Waals surface area contributed by atoms with Gasteiger partial charge in [0.05, 0.1) is 11.7 Å². The number of aromatic nitrogens is 2. The van der Waals surface area contributed by atoms with Crippen molar-refractivity contribution in [3.63, 3.8) is 0 Å². The maximum absolute atomic E-state index is 13.9. The van der Waals surface area contributed by atoms with E-state index in [1.165, 1.54) is 11.6 Å². The van der Waals surface area contributed by atoms with Gasteiger partial charge in [0, 0.05) is 12.1 Å². The van der Waals surface area contributed by atoms with E-state index in [2.05, 4.69) is 22.4 Å². The van der Waals surface area contributed by atoms with Crippen molar-refractivity contribution in [2.75, 3.05) is 0 Å². The summed E-state index contributed by atoms with van der Waals surface area (Å²) < 4.78 is 29.3. The second-order valence-electron chi connectivity index (χ2n) is 8.09. The average Bonchev–Trinajstić information content (AvgIpc) is 3.23. The monoisotopic (exact) mass is 407 g/mol. The lowest BCUT2D eigenvalue weighted by Gasteiger charge is -2.14. The number of nitrogens with one attached hydrogen (secondary N) is 1. The second-order valence-corrected chi connectivity index (χ2v) is 8.09. The van der Waals surface area contributed by atoms with Crippen molar-refractivity contribution in [1.29, 1.82) is 0 Å². The fourth-order valence-corrected chi connectivity index (χ4v) is 4.69. The number of rotatable bonds is 3. The Kier molecular flexibility index (Phi) is 4.85. The van der Waals surface area contributed by atoms with Gasteiger partial charge in [0.15, 0.2) is 11.6 Å². The lowest BCUT2D eigenvalue weighted by Crippen LogP contribution is -2.28. The van der Waals surface area contributed by atoms with E-state index in [0.29, 0.717) is 17.1 Å². The number of hydrogen-bond donors (Lipinski definition) is 1. The van der Waals surface area contributed by atoms with E-state index in [1.54, 1.807) is 0 Å². The van der Waals surface area contributed by atoms with Crippen molar-refractivity contribution < 1.29 is 13.6 Å². The van der Waals surface area contributed by atoms with Crippen LogP contribution in [0, 0.1) is 11.6 Å². The Morgan fingerprint density at radius 3 is 2.77 bits per heavy atom. The summed E-state index contributed by atoms with van der Waals surface area (Å²) in [6, 6.07) is 11.9. The molecule has 3 aromatic rings. The van der Waals surface area contributed by atoms with Gasteiger partial charge in [-0.3, -0.25) is 4.79 Å². The van der Waals surface area contributed by atoms with Gasteiger partial charge in [0.1, 0.15) is 11.5 Å². The highest BCUT2D eigenvalue weighted by Gasteiger charge is 2.28. The molecule has 4 nitrogen and oxygen atoms in total. The van der Waals surface area contributed by atoms with Crippen LogP contribution in [0.4, 0.5) is 8.78 Å². The van der Waals surface area contributed by atoms with Crippen LogP contribution in [-0.4, -0.2) is 15.5 Å². The maximum Gasteiger partial charge on any atom is 0.272 e. The highest BCUT2D eigenvalue weighted by Crippen LogP contribution is 2.32. The van der Waals surface area contributed by atoms with Crippen LogP contribution in [0.15, 0.2) is 42.5 Å². The molecule has 5 rings (SSSR count). The van der Waals surface area contributed by atoms with Crippen LogP contribution in [0.3, 0.4) is 0 Å². The summed E-state index contributed by atoms with van der Waals surface area (Å²) in [5, 5.41) is 3.16. The Labute approximate surface area is 173 Å². The number of halogens is 2. The first-order chi connectivity index (χ1) is 14.6.